The van der Waals surface area contributed by atoms with Gasteiger partial charge in [-0.05, 0) is 38.5 Å². The van der Waals surface area contributed by atoms with E-state index in [1.807, 2.05) is 0 Å². The molecule has 0 aromatic carbocycles. The fraction of sp³-hybridized carbons (Fsp3) is 0.929. The summed E-state index contributed by atoms with van der Waals surface area (Å²) in [5.74, 6) is -0.591. The zero-order chi connectivity index (χ0) is 35.3. The second-order valence-electron chi connectivity index (χ2n) is 14.7. The number of hydrogen-bond donors (Lipinski definition) is 5. The summed E-state index contributed by atoms with van der Waals surface area (Å²) in [5.41, 5.74) is 0. The molecule has 0 fully saturated rings. The predicted octanol–water partition coefficient (Wildman–Crippen LogP) is 10.6. The monoisotopic (exact) mass is 682 g/mol. The molecular formula is C42H83NO5. The smallest absolute Gasteiger partial charge is 0.249 e. The number of carbonyl (C=O) groups excluding carboxylic acids is 1. The highest BCUT2D eigenvalue weighted by molar-refractivity contribution is 5.80. The van der Waals surface area contributed by atoms with Crippen molar-refractivity contribution >= 4 is 5.91 Å². The SMILES string of the molecule is CCCCCCCCCC=CCCC[C@@H](O)[C@@H](O)[C@H](CO)NC(=O)[C@H](O)CCCCCCCCCCCCCCCCCCCCCC. The van der Waals surface area contributed by atoms with Gasteiger partial charge in [0.05, 0.1) is 18.8 Å². The van der Waals surface area contributed by atoms with Crippen LogP contribution in [0.25, 0.3) is 0 Å². The van der Waals surface area contributed by atoms with Crippen LogP contribution in [0.5, 0.6) is 0 Å². The summed E-state index contributed by atoms with van der Waals surface area (Å²) in [6, 6.07) is -0.995. The van der Waals surface area contributed by atoms with E-state index < -0.39 is 36.9 Å². The number of allylic oxidation sites excluding steroid dienone is 2. The molecule has 0 aliphatic heterocycles. The average Bonchev–Trinajstić information content (AvgIpc) is 3.09. The number of rotatable bonds is 38. The fourth-order valence-corrected chi connectivity index (χ4v) is 6.58. The lowest BCUT2D eigenvalue weighted by Crippen LogP contribution is -2.53. The summed E-state index contributed by atoms with van der Waals surface area (Å²) >= 11 is 0. The maximum atomic E-state index is 12.5. The lowest BCUT2D eigenvalue weighted by atomic mass is 10.00. The van der Waals surface area contributed by atoms with Crippen LogP contribution in [0.2, 0.25) is 0 Å². The van der Waals surface area contributed by atoms with Crippen molar-refractivity contribution in [2.45, 2.75) is 244 Å². The fourth-order valence-electron chi connectivity index (χ4n) is 6.58. The summed E-state index contributed by atoms with van der Waals surface area (Å²) in [6.45, 7) is 4.03. The minimum absolute atomic E-state index is 0.368. The topological polar surface area (TPSA) is 110 Å². The molecule has 4 atom stereocenters. The summed E-state index contributed by atoms with van der Waals surface area (Å²) in [7, 11) is 0. The van der Waals surface area contributed by atoms with Crippen molar-refractivity contribution < 1.29 is 25.2 Å². The van der Waals surface area contributed by atoms with Crippen molar-refractivity contribution in [3.63, 3.8) is 0 Å². The Labute approximate surface area is 298 Å². The first-order chi connectivity index (χ1) is 23.5. The molecule has 0 unspecified atom stereocenters. The number of aliphatic hydroxyl groups is 4. The Kier molecular flexibility index (Phi) is 36.6. The zero-order valence-corrected chi connectivity index (χ0v) is 32.0. The Bertz CT molecular complexity index is 687. The van der Waals surface area contributed by atoms with Gasteiger partial charge in [0, 0.05) is 0 Å². The third-order valence-corrected chi connectivity index (χ3v) is 9.98. The molecular weight excluding hydrogens is 598 g/mol. The molecule has 48 heavy (non-hydrogen) atoms. The van der Waals surface area contributed by atoms with Gasteiger partial charge in [0.15, 0.2) is 0 Å². The van der Waals surface area contributed by atoms with Crippen LogP contribution in [0, 0.1) is 0 Å². The molecule has 0 spiro atoms. The van der Waals surface area contributed by atoms with E-state index in [0.717, 1.165) is 38.5 Å². The molecule has 0 aliphatic rings. The number of amides is 1. The van der Waals surface area contributed by atoms with E-state index >= 15 is 0 Å². The molecule has 0 bridgehead atoms. The highest BCUT2D eigenvalue weighted by Gasteiger charge is 2.28. The first-order valence-electron chi connectivity index (χ1n) is 21.1. The maximum Gasteiger partial charge on any atom is 0.249 e. The Morgan fingerprint density at radius 3 is 1.25 bits per heavy atom. The lowest BCUT2D eigenvalue weighted by molar-refractivity contribution is -0.132. The second-order valence-corrected chi connectivity index (χ2v) is 14.7. The standard InChI is InChI=1S/C42H83NO5/c1-3-5-7-9-11-13-15-17-18-19-20-21-22-23-24-26-28-30-32-34-36-40(46)42(48)43-38(37-44)41(47)39(45)35-33-31-29-27-25-16-14-12-10-8-6-4-2/h27,29,38-41,44-47H,3-26,28,30-37H2,1-2H3,(H,43,48)/t38-,39+,40+,41-/m0/s1. The molecule has 0 saturated carbocycles. The molecule has 6 nitrogen and oxygen atoms in total. The van der Waals surface area contributed by atoms with Crippen molar-refractivity contribution in [3.8, 4) is 0 Å². The van der Waals surface area contributed by atoms with Crippen LogP contribution in [-0.2, 0) is 4.79 Å². The van der Waals surface area contributed by atoms with Gasteiger partial charge in [-0.2, -0.15) is 0 Å². The zero-order valence-electron chi connectivity index (χ0n) is 32.0. The van der Waals surface area contributed by atoms with Crippen molar-refractivity contribution in [1.29, 1.82) is 0 Å². The van der Waals surface area contributed by atoms with Gasteiger partial charge < -0.3 is 25.7 Å². The molecule has 0 aromatic rings. The van der Waals surface area contributed by atoms with Crippen molar-refractivity contribution in [2.24, 2.45) is 0 Å². The molecule has 0 aromatic heterocycles. The van der Waals surface area contributed by atoms with Gasteiger partial charge in [0.25, 0.3) is 0 Å². The molecule has 5 N–H and O–H groups in total. The number of aliphatic hydroxyl groups excluding tert-OH is 4. The molecule has 0 saturated heterocycles. The number of unbranched alkanes of at least 4 members (excludes halogenated alkanes) is 27. The normalized spacial score (nSPS) is 14.4. The van der Waals surface area contributed by atoms with Crippen LogP contribution in [0.3, 0.4) is 0 Å². The van der Waals surface area contributed by atoms with Gasteiger partial charge in [-0.15, -0.1) is 0 Å². The van der Waals surface area contributed by atoms with Gasteiger partial charge in [-0.3, -0.25) is 4.79 Å². The summed E-state index contributed by atoms with van der Waals surface area (Å²) in [4.78, 5) is 12.5. The van der Waals surface area contributed by atoms with Crippen LogP contribution < -0.4 is 5.32 Å². The van der Waals surface area contributed by atoms with Gasteiger partial charge >= 0.3 is 0 Å². The highest BCUT2D eigenvalue weighted by Crippen LogP contribution is 2.16. The van der Waals surface area contributed by atoms with E-state index in [-0.39, 0.29) is 0 Å². The first-order valence-corrected chi connectivity index (χ1v) is 21.1. The van der Waals surface area contributed by atoms with Crippen LogP contribution in [0.1, 0.15) is 219 Å². The summed E-state index contributed by atoms with van der Waals surface area (Å²) < 4.78 is 0. The molecule has 0 heterocycles. The van der Waals surface area contributed by atoms with E-state index in [0.29, 0.717) is 12.8 Å². The van der Waals surface area contributed by atoms with Gasteiger partial charge in [0.1, 0.15) is 12.2 Å². The Hall–Kier alpha value is -0.950. The van der Waals surface area contributed by atoms with E-state index in [2.05, 4.69) is 31.3 Å². The molecule has 0 rings (SSSR count). The largest absolute Gasteiger partial charge is 0.394 e. The van der Waals surface area contributed by atoms with Crippen molar-refractivity contribution in [2.75, 3.05) is 6.61 Å². The minimum Gasteiger partial charge on any atom is -0.394 e. The Morgan fingerprint density at radius 1 is 0.500 bits per heavy atom. The third kappa shape index (κ3) is 31.1. The molecule has 6 heteroatoms. The van der Waals surface area contributed by atoms with E-state index in [1.54, 1.807) is 0 Å². The lowest BCUT2D eigenvalue weighted by Gasteiger charge is -2.27. The Balaban J connectivity index is 3.73. The first kappa shape index (κ1) is 47.0. The van der Waals surface area contributed by atoms with Gasteiger partial charge in [0.2, 0.25) is 5.91 Å². The maximum absolute atomic E-state index is 12.5. The van der Waals surface area contributed by atoms with Crippen LogP contribution in [0.4, 0.5) is 0 Å². The number of hydrogen-bond acceptors (Lipinski definition) is 5. The Morgan fingerprint density at radius 2 is 0.854 bits per heavy atom. The summed E-state index contributed by atoms with van der Waals surface area (Å²) in [5, 5.41) is 43.5. The minimum atomic E-state index is -1.28. The van der Waals surface area contributed by atoms with Crippen LogP contribution in [-0.4, -0.2) is 57.3 Å². The summed E-state index contributed by atoms with van der Waals surface area (Å²) in [6.07, 6.45) is 39.6. The van der Waals surface area contributed by atoms with Crippen molar-refractivity contribution in [1.82, 2.24) is 5.32 Å². The van der Waals surface area contributed by atoms with Crippen LogP contribution >= 0.6 is 0 Å². The highest BCUT2D eigenvalue weighted by atomic mass is 16.3. The third-order valence-electron chi connectivity index (χ3n) is 9.98. The van der Waals surface area contributed by atoms with Crippen LogP contribution in [0.15, 0.2) is 12.2 Å². The number of nitrogens with one attached hydrogen (secondary N) is 1. The van der Waals surface area contributed by atoms with E-state index in [9.17, 15) is 25.2 Å². The average molecular weight is 682 g/mol. The second kappa shape index (κ2) is 37.3. The quantitative estimate of drug-likeness (QED) is 0.0329. The van der Waals surface area contributed by atoms with Crippen molar-refractivity contribution in [3.05, 3.63) is 12.2 Å². The van der Waals surface area contributed by atoms with E-state index in [1.165, 1.54) is 154 Å². The predicted molar refractivity (Wildman–Crippen MR) is 205 cm³/mol. The molecule has 286 valence electrons. The molecule has 1 amide bonds. The molecule has 0 aliphatic carbocycles. The molecule has 0 radical (unpaired) electrons. The van der Waals surface area contributed by atoms with Gasteiger partial charge in [-0.1, -0.05) is 193 Å². The number of carbonyl (C=O) groups is 1. The van der Waals surface area contributed by atoms with E-state index in [4.69, 9.17) is 0 Å². The van der Waals surface area contributed by atoms with Gasteiger partial charge in [-0.25, -0.2) is 0 Å².